The lowest BCUT2D eigenvalue weighted by Gasteiger charge is -2.58. The zero-order valence-electron chi connectivity index (χ0n) is 21.4. The minimum atomic E-state index is -1.26. The number of aliphatic carboxylic acids is 1. The summed E-state index contributed by atoms with van der Waals surface area (Å²) in [4.78, 5) is 40.6. The first kappa shape index (κ1) is 24.7. The number of morpholine rings is 1. The molecule has 4 aliphatic carbocycles. The molecule has 1 amide bonds. The van der Waals surface area contributed by atoms with Crippen molar-refractivity contribution in [2.45, 2.75) is 65.7 Å². The molecule has 192 valence electrons. The van der Waals surface area contributed by atoms with Crippen molar-refractivity contribution >= 4 is 18.2 Å². The number of rotatable bonds is 7. The fraction of sp³-hybridized carbons (Fsp3) is 0.750. The molecule has 1 saturated heterocycles. The summed E-state index contributed by atoms with van der Waals surface area (Å²) in [5.41, 5.74) is -1.96. The Balaban J connectivity index is 1.54. The molecule has 7 nitrogen and oxygen atoms in total. The maximum atomic E-state index is 13.5. The predicted molar refractivity (Wildman–Crippen MR) is 129 cm³/mol. The number of nitrogens with zero attached hydrogens (tertiary/aromatic N) is 1. The summed E-state index contributed by atoms with van der Waals surface area (Å²) in [6.45, 7) is 12.7. The average Bonchev–Trinajstić information content (AvgIpc) is 3.40. The molecule has 0 aromatic heterocycles. The first-order valence-electron chi connectivity index (χ1n) is 13.2. The summed E-state index contributed by atoms with van der Waals surface area (Å²) in [6.07, 6.45) is 7.14. The Kier molecular flexibility index (Phi) is 5.83. The Labute approximate surface area is 207 Å². The van der Waals surface area contributed by atoms with Gasteiger partial charge in [0.15, 0.2) is 6.29 Å². The molecular formula is C28H39NO6. The van der Waals surface area contributed by atoms with Crippen molar-refractivity contribution in [1.82, 2.24) is 4.90 Å². The van der Waals surface area contributed by atoms with E-state index in [2.05, 4.69) is 19.6 Å². The van der Waals surface area contributed by atoms with Crippen molar-refractivity contribution in [3.63, 3.8) is 0 Å². The van der Waals surface area contributed by atoms with Gasteiger partial charge in [0.05, 0.1) is 31.2 Å². The highest BCUT2D eigenvalue weighted by Gasteiger charge is 2.84. The Hall–Kier alpha value is -1.99. The molecule has 0 spiro atoms. The topological polar surface area (TPSA) is 93.1 Å². The number of hydrogen-bond acceptors (Lipinski definition) is 5. The molecule has 0 radical (unpaired) electrons. The van der Waals surface area contributed by atoms with Gasteiger partial charge >= 0.3 is 5.97 Å². The van der Waals surface area contributed by atoms with Crippen LogP contribution in [0.4, 0.5) is 0 Å². The highest BCUT2D eigenvalue weighted by Crippen LogP contribution is 2.82. The maximum absolute atomic E-state index is 13.5. The van der Waals surface area contributed by atoms with E-state index in [0.717, 1.165) is 31.1 Å². The van der Waals surface area contributed by atoms with Crippen LogP contribution in [0.25, 0.3) is 0 Å². The van der Waals surface area contributed by atoms with Crippen LogP contribution >= 0.6 is 0 Å². The normalized spacial score (nSPS) is 45.9. The van der Waals surface area contributed by atoms with Gasteiger partial charge in [-0.05, 0) is 61.9 Å². The molecule has 9 atom stereocenters. The van der Waals surface area contributed by atoms with Gasteiger partial charge in [-0.3, -0.25) is 9.59 Å². The van der Waals surface area contributed by atoms with Crippen LogP contribution in [0.2, 0.25) is 0 Å². The van der Waals surface area contributed by atoms with Gasteiger partial charge in [-0.15, -0.1) is 0 Å². The highest BCUT2D eigenvalue weighted by atomic mass is 16.7. The summed E-state index contributed by atoms with van der Waals surface area (Å²) >= 11 is 0. The lowest BCUT2D eigenvalue weighted by atomic mass is 9.43. The number of aldehydes is 1. The molecular weight excluding hydrogens is 446 g/mol. The van der Waals surface area contributed by atoms with E-state index in [1.807, 2.05) is 20.8 Å². The third-order valence-electron chi connectivity index (χ3n) is 10.5. The first-order chi connectivity index (χ1) is 16.6. The molecule has 4 bridgehead atoms. The molecule has 7 heteroatoms. The SMILES string of the molecule is C=CC(=O)N1C[C@H](OCC23C[C@@H]4[C@H](C)CC[C@H]4C4(C=O)CC2C=C(C(C)C)[C@@]34C(=O)O)OC[C@H]1C. The van der Waals surface area contributed by atoms with Crippen LogP contribution in [0.5, 0.6) is 0 Å². The number of carbonyl (C=O) groups excluding carboxylic acids is 2. The summed E-state index contributed by atoms with van der Waals surface area (Å²) < 4.78 is 12.4. The Bertz CT molecular complexity index is 974. The quantitative estimate of drug-likeness (QED) is 0.336. The molecule has 1 aliphatic heterocycles. The van der Waals surface area contributed by atoms with Crippen LogP contribution in [-0.2, 0) is 23.9 Å². The van der Waals surface area contributed by atoms with Gasteiger partial charge in [-0.1, -0.05) is 45.4 Å². The molecule has 1 N–H and O–H groups in total. The van der Waals surface area contributed by atoms with Gasteiger partial charge in [-0.25, -0.2) is 0 Å². The van der Waals surface area contributed by atoms with E-state index >= 15 is 0 Å². The van der Waals surface area contributed by atoms with Crippen LogP contribution in [0.1, 0.15) is 53.4 Å². The zero-order valence-corrected chi connectivity index (χ0v) is 21.4. The molecule has 3 saturated carbocycles. The van der Waals surface area contributed by atoms with Crippen LogP contribution in [0, 0.1) is 45.8 Å². The van der Waals surface area contributed by atoms with E-state index in [-0.39, 0.29) is 42.9 Å². The van der Waals surface area contributed by atoms with Crippen LogP contribution < -0.4 is 0 Å². The molecule has 5 aliphatic rings. The first-order valence-corrected chi connectivity index (χ1v) is 13.2. The number of allylic oxidation sites excluding steroid dienone is 1. The fourth-order valence-electron chi connectivity index (χ4n) is 9.13. The van der Waals surface area contributed by atoms with Crippen molar-refractivity contribution in [3.05, 3.63) is 24.3 Å². The lowest BCUT2D eigenvalue weighted by molar-refractivity contribution is -0.227. The van der Waals surface area contributed by atoms with Gasteiger partial charge in [0, 0.05) is 5.41 Å². The molecule has 3 unspecified atom stereocenters. The minimum absolute atomic E-state index is 0.0209. The zero-order chi connectivity index (χ0) is 25.3. The Morgan fingerprint density at radius 1 is 1.31 bits per heavy atom. The summed E-state index contributed by atoms with van der Waals surface area (Å²) in [7, 11) is 0. The number of amides is 1. The summed E-state index contributed by atoms with van der Waals surface area (Å²) in [6, 6.07) is -0.0850. The van der Waals surface area contributed by atoms with Crippen molar-refractivity contribution in [1.29, 1.82) is 0 Å². The maximum Gasteiger partial charge on any atom is 0.315 e. The van der Waals surface area contributed by atoms with Crippen molar-refractivity contribution in [3.8, 4) is 0 Å². The fourth-order valence-corrected chi connectivity index (χ4v) is 9.13. The predicted octanol–water partition coefficient (Wildman–Crippen LogP) is 3.69. The van der Waals surface area contributed by atoms with Crippen LogP contribution in [-0.4, -0.2) is 60.3 Å². The second-order valence-corrected chi connectivity index (χ2v) is 12.1. The lowest BCUT2D eigenvalue weighted by Crippen LogP contribution is -2.64. The number of hydrogen-bond donors (Lipinski definition) is 1. The summed E-state index contributed by atoms with van der Waals surface area (Å²) in [5.74, 6) is -0.179. The Morgan fingerprint density at radius 2 is 2.06 bits per heavy atom. The third-order valence-corrected chi connectivity index (χ3v) is 10.5. The van der Waals surface area contributed by atoms with Crippen molar-refractivity contribution < 1.29 is 29.0 Å². The van der Waals surface area contributed by atoms with E-state index < -0.39 is 28.5 Å². The smallest absolute Gasteiger partial charge is 0.315 e. The summed E-state index contributed by atoms with van der Waals surface area (Å²) in [5, 5.41) is 11.0. The molecule has 0 aromatic carbocycles. The van der Waals surface area contributed by atoms with Crippen LogP contribution in [0.3, 0.4) is 0 Å². The number of fused-ring (bicyclic) bond motifs is 2. The van der Waals surface area contributed by atoms with Crippen molar-refractivity contribution in [2.75, 3.05) is 19.8 Å². The largest absolute Gasteiger partial charge is 0.481 e. The molecule has 0 aromatic rings. The second-order valence-electron chi connectivity index (χ2n) is 12.1. The number of carbonyl (C=O) groups is 3. The van der Waals surface area contributed by atoms with E-state index in [4.69, 9.17) is 9.47 Å². The van der Waals surface area contributed by atoms with Gasteiger partial charge in [0.1, 0.15) is 11.7 Å². The molecule has 35 heavy (non-hydrogen) atoms. The van der Waals surface area contributed by atoms with E-state index in [0.29, 0.717) is 24.9 Å². The average molecular weight is 486 g/mol. The van der Waals surface area contributed by atoms with Gasteiger partial charge in [0.25, 0.3) is 0 Å². The van der Waals surface area contributed by atoms with Gasteiger partial charge in [0.2, 0.25) is 5.91 Å². The monoisotopic (exact) mass is 485 g/mol. The molecule has 1 heterocycles. The van der Waals surface area contributed by atoms with Crippen molar-refractivity contribution in [2.24, 2.45) is 45.8 Å². The van der Waals surface area contributed by atoms with E-state index in [1.54, 1.807) is 4.90 Å². The standard InChI is InChI=1S/C28H39NO6/c1-6-23(31)29-12-24(34-13-18(29)5)35-15-27-11-20-17(4)7-8-21(20)26(14-30)10-19(27)9-22(16(2)3)28(26,27)25(32)33/h6,9,14,16-21,24H,1,7-8,10-13,15H2,2-5H3,(H,32,33)/t17-,18-,19?,20-,21-,24+,26?,27?,28+/m1/s1. The Morgan fingerprint density at radius 3 is 2.69 bits per heavy atom. The third kappa shape index (κ3) is 2.94. The van der Waals surface area contributed by atoms with E-state index in [1.165, 1.54) is 6.08 Å². The number of carboxylic acid groups (broad SMARTS) is 1. The van der Waals surface area contributed by atoms with E-state index in [9.17, 15) is 19.5 Å². The minimum Gasteiger partial charge on any atom is -0.481 e. The van der Waals surface area contributed by atoms with Gasteiger partial charge in [-0.2, -0.15) is 0 Å². The molecule has 4 fully saturated rings. The second kappa shape index (κ2) is 8.27. The highest BCUT2D eigenvalue weighted by molar-refractivity contribution is 5.90. The van der Waals surface area contributed by atoms with Crippen LogP contribution in [0.15, 0.2) is 24.3 Å². The number of ether oxygens (including phenoxy) is 2. The molecule has 5 rings (SSSR count). The number of carboxylic acids is 1. The van der Waals surface area contributed by atoms with Gasteiger partial charge < -0.3 is 24.3 Å².